The highest BCUT2D eigenvalue weighted by atomic mass is 35.5. The summed E-state index contributed by atoms with van der Waals surface area (Å²) in [6.07, 6.45) is 0. The minimum atomic E-state index is 0.0730. The standard InChI is InChI=1S/C13H5Cl2NO2/c14-11-10-6-3-1-2-4-7(6)17-8(10)5-9-12(11)16-13(15)18-9/h1-5H. The maximum Gasteiger partial charge on any atom is 0.293 e. The first-order chi connectivity index (χ1) is 8.74. The van der Waals surface area contributed by atoms with Crippen LogP contribution < -0.4 is 0 Å². The lowest BCUT2D eigenvalue weighted by molar-refractivity contribution is 0.603. The van der Waals surface area contributed by atoms with Crippen LogP contribution in [-0.4, -0.2) is 4.98 Å². The highest BCUT2D eigenvalue weighted by Crippen LogP contribution is 2.39. The molecule has 0 N–H and O–H groups in total. The van der Waals surface area contributed by atoms with Gasteiger partial charge in [0.1, 0.15) is 16.7 Å². The number of halogens is 2. The van der Waals surface area contributed by atoms with E-state index in [1.807, 2.05) is 24.3 Å². The van der Waals surface area contributed by atoms with Gasteiger partial charge in [0.15, 0.2) is 5.58 Å². The zero-order chi connectivity index (χ0) is 12.3. The van der Waals surface area contributed by atoms with E-state index in [1.165, 1.54) is 0 Å². The van der Waals surface area contributed by atoms with Crippen molar-refractivity contribution in [3.8, 4) is 0 Å². The predicted octanol–water partition coefficient (Wildman–Crippen LogP) is 5.03. The first kappa shape index (κ1) is 10.2. The zero-order valence-corrected chi connectivity index (χ0v) is 10.4. The van der Waals surface area contributed by atoms with Gasteiger partial charge in [-0.2, -0.15) is 4.98 Å². The van der Waals surface area contributed by atoms with Crippen molar-refractivity contribution >= 4 is 56.2 Å². The Kier molecular flexibility index (Phi) is 1.93. The minimum Gasteiger partial charge on any atom is -0.456 e. The SMILES string of the molecule is Clc1nc2c(Cl)c3c(cc2o1)oc1ccccc13. The van der Waals surface area contributed by atoms with Gasteiger partial charge in [-0.1, -0.05) is 29.8 Å². The third kappa shape index (κ3) is 1.23. The second-order valence-electron chi connectivity index (χ2n) is 3.98. The molecule has 0 amide bonds. The van der Waals surface area contributed by atoms with E-state index >= 15 is 0 Å². The van der Waals surface area contributed by atoms with Gasteiger partial charge in [-0.3, -0.25) is 0 Å². The van der Waals surface area contributed by atoms with Gasteiger partial charge in [-0.15, -0.1) is 0 Å². The fourth-order valence-corrected chi connectivity index (χ4v) is 2.69. The van der Waals surface area contributed by atoms with E-state index in [-0.39, 0.29) is 5.35 Å². The summed E-state index contributed by atoms with van der Waals surface area (Å²) in [5.41, 5.74) is 2.53. The number of hydrogen-bond donors (Lipinski definition) is 0. The maximum atomic E-state index is 6.37. The van der Waals surface area contributed by atoms with Crippen molar-refractivity contribution in [2.45, 2.75) is 0 Å². The fraction of sp³-hybridized carbons (Fsp3) is 0. The second kappa shape index (κ2) is 3.40. The summed E-state index contributed by atoms with van der Waals surface area (Å²) in [7, 11) is 0. The number of hydrogen-bond acceptors (Lipinski definition) is 3. The Labute approximate surface area is 111 Å². The van der Waals surface area contributed by atoms with Gasteiger partial charge in [-0.05, 0) is 17.7 Å². The molecule has 4 rings (SSSR count). The van der Waals surface area contributed by atoms with Crippen LogP contribution in [0.15, 0.2) is 39.2 Å². The third-order valence-electron chi connectivity index (χ3n) is 2.94. The van der Waals surface area contributed by atoms with Crippen LogP contribution >= 0.6 is 23.2 Å². The number of fused-ring (bicyclic) bond motifs is 4. The number of oxazole rings is 1. The maximum absolute atomic E-state index is 6.37. The topological polar surface area (TPSA) is 39.2 Å². The van der Waals surface area contributed by atoms with E-state index in [0.717, 1.165) is 16.4 Å². The lowest BCUT2D eigenvalue weighted by Gasteiger charge is -1.94. The monoisotopic (exact) mass is 277 g/mol. The average molecular weight is 278 g/mol. The van der Waals surface area contributed by atoms with E-state index in [4.69, 9.17) is 32.0 Å². The highest BCUT2D eigenvalue weighted by Gasteiger charge is 2.17. The first-order valence-electron chi connectivity index (χ1n) is 5.30. The molecule has 5 heteroatoms. The van der Waals surface area contributed by atoms with Gasteiger partial charge < -0.3 is 8.83 Å². The number of nitrogens with zero attached hydrogens (tertiary/aromatic N) is 1. The Balaban J connectivity index is 2.32. The fourth-order valence-electron chi connectivity index (χ4n) is 2.19. The molecule has 0 atom stereocenters. The molecule has 0 spiro atoms. The van der Waals surface area contributed by atoms with Crippen molar-refractivity contribution in [2.24, 2.45) is 0 Å². The summed E-state index contributed by atoms with van der Waals surface area (Å²) in [5.74, 6) is 0. The Hall–Kier alpha value is -1.71. The van der Waals surface area contributed by atoms with Crippen LogP contribution in [0.4, 0.5) is 0 Å². The molecule has 0 unspecified atom stereocenters. The molecule has 2 aromatic carbocycles. The van der Waals surface area contributed by atoms with Crippen LogP contribution in [0.3, 0.4) is 0 Å². The number of benzene rings is 2. The van der Waals surface area contributed by atoms with E-state index in [2.05, 4.69) is 4.98 Å². The molecule has 0 aliphatic carbocycles. The molecule has 0 aliphatic rings. The molecule has 0 aliphatic heterocycles. The zero-order valence-electron chi connectivity index (χ0n) is 8.91. The third-order valence-corrected chi connectivity index (χ3v) is 3.47. The van der Waals surface area contributed by atoms with Gasteiger partial charge in [0.05, 0.1) is 5.02 Å². The molecule has 2 heterocycles. The average Bonchev–Trinajstić information content (AvgIpc) is 2.89. The van der Waals surface area contributed by atoms with Crippen molar-refractivity contribution in [3.05, 3.63) is 40.7 Å². The number of para-hydroxylation sites is 1. The number of furan rings is 1. The van der Waals surface area contributed by atoms with Gasteiger partial charge in [0, 0.05) is 16.8 Å². The molecule has 4 aromatic rings. The molecule has 0 saturated carbocycles. The summed E-state index contributed by atoms with van der Waals surface area (Å²) in [6.45, 7) is 0. The van der Waals surface area contributed by atoms with E-state index in [9.17, 15) is 0 Å². The molecule has 3 nitrogen and oxygen atoms in total. The molecule has 88 valence electrons. The van der Waals surface area contributed by atoms with E-state index in [0.29, 0.717) is 21.7 Å². The Morgan fingerprint density at radius 2 is 1.78 bits per heavy atom. The summed E-state index contributed by atoms with van der Waals surface area (Å²) in [4.78, 5) is 4.07. The van der Waals surface area contributed by atoms with Crippen molar-refractivity contribution in [2.75, 3.05) is 0 Å². The van der Waals surface area contributed by atoms with Crippen LogP contribution in [0, 0.1) is 0 Å². The van der Waals surface area contributed by atoms with Crippen LogP contribution in [0.2, 0.25) is 10.4 Å². The van der Waals surface area contributed by atoms with Crippen molar-refractivity contribution in [1.29, 1.82) is 0 Å². The van der Waals surface area contributed by atoms with Crippen LogP contribution in [-0.2, 0) is 0 Å². The normalized spacial score (nSPS) is 11.9. The molecule has 0 fully saturated rings. The van der Waals surface area contributed by atoms with Crippen molar-refractivity contribution in [3.63, 3.8) is 0 Å². The lowest BCUT2D eigenvalue weighted by atomic mass is 10.1. The number of aromatic nitrogens is 1. The van der Waals surface area contributed by atoms with Gasteiger partial charge >= 0.3 is 0 Å². The van der Waals surface area contributed by atoms with Gasteiger partial charge in [0.25, 0.3) is 5.35 Å². The largest absolute Gasteiger partial charge is 0.456 e. The Morgan fingerprint density at radius 1 is 0.944 bits per heavy atom. The highest BCUT2D eigenvalue weighted by molar-refractivity contribution is 6.42. The smallest absolute Gasteiger partial charge is 0.293 e. The Bertz CT molecular complexity index is 907. The molecular weight excluding hydrogens is 273 g/mol. The molecule has 0 radical (unpaired) electrons. The molecule has 18 heavy (non-hydrogen) atoms. The molecule has 0 saturated heterocycles. The molecule has 2 aromatic heterocycles. The van der Waals surface area contributed by atoms with Crippen molar-refractivity contribution in [1.82, 2.24) is 4.98 Å². The summed E-state index contributed by atoms with van der Waals surface area (Å²) < 4.78 is 11.0. The molecule has 0 bridgehead atoms. The van der Waals surface area contributed by atoms with Gasteiger partial charge in [-0.25, -0.2) is 0 Å². The lowest BCUT2D eigenvalue weighted by Crippen LogP contribution is -1.73. The summed E-state index contributed by atoms with van der Waals surface area (Å²) >= 11 is 12.1. The number of rotatable bonds is 0. The van der Waals surface area contributed by atoms with Gasteiger partial charge in [0.2, 0.25) is 0 Å². The predicted molar refractivity (Wildman–Crippen MR) is 71.3 cm³/mol. The quantitative estimate of drug-likeness (QED) is 0.452. The first-order valence-corrected chi connectivity index (χ1v) is 6.05. The van der Waals surface area contributed by atoms with E-state index in [1.54, 1.807) is 6.07 Å². The second-order valence-corrected chi connectivity index (χ2v) is 4.68. The summed E-state index contributed by atoms with van der Waals surface area (Å²) in [6, 6.07) is 9.47. The minimum absolute atomic E-state index is 0.0730. The van der Waals surface area contributed by atoms with Crippen molar-refractivity contribution < 1.29 is 8.83 Å². The van der Waals surface area contributed by atoms with Crippen LogP contribution in [0.5, 0.6) is 0 Å². The van der Waals surface area contributed by atoms with Crippen LogP contribution in [0.25, 0.3) is 33.0 Å². The van der Waals surface area contributed by atoms with Crippen LogP contribution in [0.1, 0.15) is 0 Å². The Morgan fingerprint density at radius 3 is 2.67 bits per heavy atom. The molecular formula is C13H5Cl2NO2. The summed E-state index contributed by atoms with van der Waals surface area (Å²) in [5, 5.41) is 2.37. The van der Waals surface area contributed by atoms with E-state index < -0.39 is 0 Å².